The molecule has 0 heterocycles. The number of carbonyl (C=O) groups excluding carboxylic acids is 2. The Morgan fingerprint density at radius 2 is 1.70 bits per heavy atom. The number of carbonyl (C=O) groups is 2. The van der Waals surface area contributed by atoms with Gasteiger partial charge in [0, 0.05) is 24.2 Å². The highest BCUT2D eigenvalue weighted by molar-refractivity contribution is 5.75. The van der Waals surface area contributed by atoms with Crippen molar-refractivity contribution >= 4 is 11.9 Å². The molecule has 1 aromatic rings. The molecule has 220 valence electrons. The molecule has 6 heteroatoms. The lowest BCUT2D eigenvalue weighted by atomic mass is 9.72. The third-order valence-electron chi connectivity index (χ3n) is 9.27. The van der Waals surface area contributed by atoms with Crippen molar-refractivity contribution in [2.75, 3.05) is 20.8 Å². The van der Waals surface area contributed by atoms with Gasteiger partial charge >= 0.3 is 11.9 Å². The van der Waals surface area contributed by atoms with Crippen LogP contribution in [0.2, 0.25) is 0 Å². The minimum atomic E-state index is -0.535. The number of benzene rings is 1. The van der Waals surface area contributed by atoms with E-state index in [-0.39, 0.29) is 41.2 Å². The summed E-state index contributed by atoms with van der Waals surface area (Å²) in [6.45, 7) is 14.0. The number of methoxy groups -OCH3 is 2. The Morgan fingerprint density at radius 3 is 2.30 bits per heavy atom. The summed E-state index contributed by atoms with van der Waals surface area (Å²) in [7, 11) is 3.32. The summed E-state index contributed by atoms with van der Waals surface area (Å²) in [6, 6.07) is 4.22. The van der Waals surface area contributed by atoms with Crippen LogP contribution in [0.5, 0.6) is 11.5 Å². The molecule has 40 heavy (non-hydrogen) atoms. The molecular weight excluding hydrogens is 504 g/mol. The lowest BCUT2D eigenvalue weighted by Crippen LogP contribution is -2.42. The van der Waals surface area contributed by atoms with Crippen LogP contribution in [0.25, 0.3) is 0 Å². The second-order valence-corrected chi connectivity index (χ2v) is 13.3. The van der Waals surface area contributed by atoms with Crippen molar-refractivity contribution in [2.24, 2.45) is 23.2 Å². The van der Waals surface area contributed by atoms with Crippen LogP contribution in [-0.4, -0.2) is 38.9 Å². The maximum atomic E-state index is 12.6. The first-order valence-corrected chi connectivity index (χ1v) is 14.7. The third kappa shape index (κ3) is 5.69. The number of hydrogen-bond acceptors (Lipinski definition) is 6. The Hall–Kier alpha value is -2.76. The van der Waals surface area contributed by atoms with Gasteiger partial charge in [0.25, 0.3) is 0 Å². The van der Waals surface area contributed by atoms with Gasteiger partial charge in [-0.2, -0.15) is 0 Å². The molecule has 2 saturated carbocycles. The molecule has 1 spiro atoms. The van der Waals surface area contributed by atoms with Crippen molar-refractivity contribution in [1.29, 1.82) is 0 Å². The number of rotatable bonds is 10. The Morgan fingerprint density at radius 1 is 1.02 bits per heavy atom. The number of ether oxygens (including phenoxy) is 4. The molecule has 0 bridgehead atoms. The first-order valence-electron chi connectivity index (χ1n) is 14.7. The molecule has 3 aliphatic carbocycles. The fraction of sp³-hybridized carbons (Fsp3) is 0.647. The number of fused-ring (bicyclic) bond motifs is 4. The van der Waals surface area contributed by atoms with Crippen LogP contribution < -0.4 is 9.47 Å². The predicted molar refractivity (Wildman–Crippen MR) is 157 cm³/mol. The molecule has 0 radical (unpaired) electrons. The van der Waals surface area contributed by atoms with E-state index in [2.05, 4.69) is 45.1 Å². The molecule has 0 amide bonds. The molecule has 0 aliphatic heterocycles. The Balaban J connectivity index is 1.72. The van der Waals surface area contributed by atoms with E-state index in [1.807, 2.05) is 20.8 Å². The van der Waals surface area contributed by atoms with Gasteiger partial charge in [0.2, 0.25) is 0 Å². The van der Waals surface area contributed by atoms with Crippen LogP contribution in [0.3, 0.4) is 0 Å². The monoisotopic (exact) mass is 552 g/mol. The summed E-state index contributed by atoms with van der Waals surface area (Å²) in [5, 5.41) is 0. The third-order valence-corrected chi connectivity index (χ3v) is 9.27. The largest absolute Gasteiger partial charge is 0.493 e. The molecule has 6 nitrogen and oxygen atoms in total. The highest BCUT2D eigenvalue weighted by Crippen LogP contribution is 2.73. The molecule has 6 atom stereocenters. The van der Waals surface area contributed by atoms with Crippen molar-refractivity contribution in [3.8, 4) is 11.5 Å². The Kier molecular flexibility index (Phi) is 8.77. The average molecular weight is 553 g/mol. The molecule has 1 aromatic carbocycles. The fourth-order valence-electron chi connectivity index (χ4n) is 7.35. The second kappa shape index (κ2) is 11.6. The van der Waals surface area contributed by atoms with Gasteiger partial charge in [-0.15, -0.1) is 0 Å². The summed E-state index contributed by atoms with van der Waals surface area (Å²) in [6.07, 6.45) is 9.07. The Bertz CT molecular complexity index is 1180. The molecular formula is C34H48O6. The summed E-state index contributed by atoms with van der Waals surface area (Å²) >= 11 is 0. The van der Waals surface area contributed by atoms with E-state index in [9.17, 15) is 9.59 Å². The molecule has 4 rings (SSSR count). The maximum Gasteiger partial charge on any atom is 0.311 e. The average Bonchev–Trinajstić information content (AvgIpc) is 3.35. The van der Waals surface area contributed by atoms with E-state index >= 15 is 0 Å². The summed E-state index contributed by atoms with van der Waals surface area (Å²) in [5.41, 5.74) is 4.18. The lowest BCUT2D eigenvalue weighted by Gasteiger charge is -2.37. The zero-order valence-corrected chi connectivity index (χ0v) is 25.9. The summed E-state index contributed by atoms with van der Waals surface area (Å²) in [5.74, 6) is 1.96. The van der Waals surface area contributed by atoms with Crippen LogP contribution in [0.4, 0.5) is 0 Å². The van der Waals surface area contributed by atoms with Crippen LogP contribution in [0.15, 0.2) is 35.4 Å². The first-order chi connectivity index (χ1) is 18.8. The molecule has 3 unspecified atom stereocenters. The zero-order chi connectivity index (χ0) is 29.4. The maximum absolute atomic E-state index is 12.6. The molecule has 2 fully saturated rings. The molecule has 0 N–H and O–H groups in total. The van der Waals surface area contributed by atoms with Crippen molar-refractivity contribution in [2.45, 2.75) is 98.0 Å². The fourth-order valence-corrected chi connectivity index (χ4v) is 7.35. The van der Waals surface area contributed by atoms with Gasteiger partial charge in [0.15, 0.2) is 11.5 Å². The van der Waals surface area contributed by atoms with Crippen molar-refractivity contribution < 1.29 is 28.5 Å². The number of esters is 2. The van der Waals surface area contributed by atoms with E-state index in [1.54, 1.807) is 14.2 Å². The van der Waals surface area contributed by atoms with Crippen LogP contribution in [0, 0.1) is 23.2 Å². The van der Waals surface area contributed by atoms with Crippen LogP contribution in [-0.2, 0) is 24.5 Å². The van der Waals surface area contributed by atoms with Crippen molar-refractivity contribution in [3.63, 3.8) is 0 Å². The minimum absolute atomic E-state index is 0.00855. The van der Waals surface area contributed by atoms with Gasteiger partial charge in [0.1, 0.15) is 6.10 Å². The van der Waals surface area contributed by atoms with Gasteiger partial charge in [-0.05, 0) is 109 Å². The Labute approximate surface area is 240 Å². The highest BCUT2D eigenvalue weighted by atomic mass is 16.5. The van der Waals surface area contributed by atoms with E-state index in [0.717, 1.165) is 32.1 Å². The second-order valence-electron chi connectivity index (χ2n) is 13.3. The molecule has 0 aromatic heterocycles. The highest BCUT2D eigenvalue weighted by Gasteiger charge is 2.72. The summed E-state index contributed by atoms with van der Waals surface area (Å²) in [4.78, 5) is 25.2. The van der Waals surface area contributed by atoms with Gasteiger partial charge in [-0.1, -0.05) is 23.3 Å². The van der Waals surface area contributed by atoms with E-state index < -0.39 is 5.41 Å². The van der Waals surface area contributed by atoms with Gasteiger partial charge < -0.3 is 18.9 Å². The van der Waals surface area contributed by atoms with Crippen molar-refractivity contribution in [1.82, 2.24) is 0 Å². The predicted octanol–water partition coefficient (Wildman–Crippen LogP) is 7.30. The van der Waals surface area contributed by atoms with Gasteiger partial charge in [0.05, 0.1) is 26.2 Å². The summed E-state index contributed by atoms with van der Waals surface area (Å²) < 4.78 is 23.6. The van der Waals surface area contributed by atoms with Gasteiger partial charge in [-0.25, -0.2) is 0 Å². The van der Waals surface area contributed by atoms with Gasteiger partial charge in [-0.3, -0.25) is 9.59 Å². The molecule has 0 saturated heterocycles. The normalized spacial score (nSPS) is 28.5. The van der Waals surface area contributed by atoms with Crippen LogP contribution >= 0.6 is 0 Å². The zero-order valence-electron chi connectivity index (χ0n) is 25.9. The standard InChI is InChI=1S/C34H48O6/c1-20(2)11-10-12-21(3)13-14-24-25-17-28(37-8)29(38-9)18-27(25)34(31(24)40-22(4)35)16-15-23-26(30(23)34)19-39-32(36)33(5,6)7/h11,13,17-18,23-24,26,30-31H,10,12,14-16,19H2,1-9H3/b21-13+/t23?,24-,26?,30?,31-,34-/m0/s1. The van der Waals surface area contributed by atoms with Crippen molar-refractivity contribution in [3.05, 3.63) is 46.6 Å². The van der Waals surface area contributed by atoms with Crippen LogP contribution in [0.1, 0.15) is 97.6 Å². The topological polar surface area (TPSA) is 71.1 Å². The van der Waals surface area contributed by atoms with E-state index in [4.69, 9.17) is 18.9 Å². The lowest BCUT2D eigenvalue weighted by molar-refractivity contribution is -0.154. The molecule has 3 aliphatic rings. The minimum Gasteiger partial charge on any atom is -0.493 e. The quantitative estimate of drug-likeness (QED) is 0.224. The van der Waals surface area contributed by atoms with E-state index in [0.29, 0.717) is 24.0 Å². The first kappa shape index (κ1) is 30.2. The smallest absolute Gasteiger partial charge is 0.311 e. The van der Waals surface area contributed by atoms with E-state index in [1.165, 1.54) is 29.2 Å². The SMILES string of the molecule is COc1cc2c(cc1OC)[C@]1(CCC3C(COC(=O)C(C)(C)C)C31)[C@@H](OC(C)=O)[C@H]2C/C=C(\C)CCC=C(C)C. The number of hydrogen-bond donors (Lipinski definition) is 0. The number of allylic oxidation sites excluding steroid dienone is 4.